The first-order valence-electron chi connectivity index (χ1n) is 5.68. The first kappa shape index (κ1) is 14.0. The second-order valence-corrected chi connectivity index (χ2v) is 5.00. The Kier molecular flexibility index (Phi) is 5.42. The smallest absolute Gasteiger partial charge is 0.254 e. The average molecular weight is 296 g/mol. The third kappa shape index (κ3) is 4.00. The van der Waals surface area contributed by atoms with Crippen LogP contribution in [0.25, 0.3) is 0 Å². The molecule has 1 aromatic rings. The zero-order valence-electron chi connectivity index (χ0n) is 10.4. The normalized spacial score (nSPS) is 10.1. The number of nitrogens with zero attached hydrogens (tertiary/aromatic N) is 1. The minimum Gasteiger partial charge on any atom is -0.342 e. The van der Waals surface area contributed by atoms with Gasteiger partial charge in [-0.25, -0.2) is 0 Å². The molecule has 92 valence electrons. The number of amides is 1. The third-order valence-corrected chi connectivity index (χ3v) is 3.29. The lowest BCUT2D eigenvalue weighted by atomic mass is 10.1. The van der Waals surface area contributed by atoms with Crippen LogP contribution in [0.5, 0.6) is 0 Å². The second-order valence-electron chi connectivity index (χ2n) is 4.14. The van der Waals surface area contributed by atoms with Crippen LogP contribution >= 0.6 is 15.9 Å². The molecule has 0 N–H and O–H groups in total. The zero-order valence-corrected chi connectivity index (χ0v) is 12.0. The van der Waals surface area contributed by atoms with Gasteiger partial charge in [0.1, 0.15) is 0 Å². The van der Waals surface area contributed by atoms with E-state index in [0.717, 1.165) is 35.0 Å². The Hall–Kier alpha value is -1.09. The number of halogens is 1. The van der Waals surface area contributed by atoms with E-state index in [9.17, 15) is 4.79 Å². The topological polar surface area (TPSA) is 20.3 Å². The quantitative estimate of drug-likeness (QED) is 0.598. The molecule has 0 heterocycles. The number of hydrogen-bond donors (Lipinski definition) is 0. The molecule has 0 bridgehead atoms. The maximum Gasteiger partial charge on any atom is 0.254 e. The van der Waals surface area contributed by atoms with Gasteiger partial charge >= 0.3 is 0 Å². The van der Waals surface area contributed by atoms with Crippen molar-refractivity contribution in [3.8, 4) is 0 Å². The van der Waals surface area contributed by atoms with Crippen molar-refractivity contribution in [3.05, 3.63) is 46.5 Å². The van der Waals surface area contributed by atoms with Crippen molar-refractivity contribution in [2.24, 2.45) is 0 Å². The monoisotopic (exact) mass is 295 g/mol. The van der Waals surface area contributed by atoms with Crippen LogP contribution in [0.1, 0.15) is 28.8 Å². The molecule has 0 fully saturated rings. The molecule has 0 aliphatic rings. The summed E-state index contributed by atoms with van der Waals surface area (Å²) in [6.45, 7) is 6.42. The first-order valence-corrected chi connectivity index (χ1v) is 6.48. The minimum atomic E-state index is 0.0598. The molecule has 3 heteroatoms. The lowest BCUT2D eigenvalue weighted by Gasteiger charge is -2.17. The van der Waals surface area contributed by atoms with Gasteiger partial charge < -0.3 is 4.90 Å². The van der Waals surface area contributed by atoms with Gasteiger partial charge in [0, 0.05) is 18.1 Å². The van der Waals surface area contributed by atoms with Gasteiger partial charge in [-0.3, -0.25) is 4.79 Å². The highest BCUT2D eigenvalue weighted by Crippen LogP contribution is 2.19. The molecule has 0 atom stereocenters. The largest absolute Gasteiger partial charge is 0.342 e. The number of carbonyl (C=O) groups is 1. The van der Waals surface area contributed by atoms with Crippen LogP contribution in [0.15, 0.2) is 35.3 Å². The first-order chi connectivity index (χ1) is 8.06. The zero-order chi connectivity index (χ0) is 12.8. The summed E-state index contributed by atoms with van der Waals surface area (Å²) in [4.78, 5) is 13.9. The Morgan fingerprint density at radius 3 is 2.88 bits per heavy atom. The molecule has 0 radical (unpaired) electrons. The maximum absolute atomic E-state index is 12.2. The molecule has 0 saturated heterocycles. The number of allylic oxidation sites excluding steroid dienone is 1. The van der Waals surface area contributed by atoms with Crippen molar-refractivity contribution in [1.29, 1.82) is 0 Å². The third-order valence-electron chi connectivity index (χ3n) is 2.60. The van der Waals surface area contributed by atoms with Crippen molar-refractivity contribution >= 4 is 21.8 Å². The van der Waals surface area contributed by atoms with Gasteiger partial charge in [-0.05, 0) is 47.8 Å². The van der Waals surface area contributed by atoms with Crippen molar-refractivity contribution < 1.29 is 4.79 Å². The number of benzene rings is 1. The van der Waals surface area contributed by atoms with E-state index in [1.807, 2.05) is 38.2 Å². The van der Waals surface area contributed by atoms with Crippen LogP contribution in [0, 0.1) is 6.92 Å². The molecule has 0 saturated carbocycles. The van der Waals surface area contributed by atoms with Crippen LogP contribution in [0.3, 0.4) is 0 Å². The van der Waals surface area contributed by atoms with E-state index >= 15 is 0 Å². The molecule has 0 aliphatic carbocycles. The van der Waals surface area contributed by atoms with Gasteiger partial charge in [-0.2, -0.15) is 0 Å². The Morgan fingerprint density at radius 2 is 2.24 bits per heavy atom. The summed E-state index contributed by atoms with van der Waals surface area (Å²) in [6, 6.07) is 5.81. The van der Waals surface area contributed by atoms with Gasteiger partial charge in [-0.15, -0.1) is 6.58 Å². The predicted octanol–water partition coefficient (Wildman–Crippen LogP) is 3.80. The number of rotatable bonds is 5. The van der Waals surface area contributed by atoms with Gasteiger partial charge in [-0.1, -0.05) is 17.7 Å². The summed E-state index contributed by atoms with van der Waals surface area (Å²) < 4.78 is 0.851. The van der Waals surface area contributed by atoms with Crippen molar-refractivity contribution in [1.82, 2.24) is 4.90 Å². The fourth-order valence-electron chi connectivity index (χ4n) is 1.58. The van der Waals surface area contributed by atoms with Crippen LogP contribution < -0.4 is 0 Å². The summed E-state index contributed by atoms with van der Waals surface area (Å²) in [5.41, 5.74) is 1.82. The highest BCUT2D eigenvalue weighted by atomic mass is 79.9. The number of carbonyl (C=O) groups excluding carboxylic acids is 1. The van der Waals surface area contributed by atoms with Gasteiger partial charge in [0.2, 0.25) is 0 Å². The molecule has 1 aromatic carbocycles. The van der Waals surface area contributed by atoms with E-state index in [1.54, 1.807) is 4.90 Å². The standard InChI is InChI=1S/C14H18BrNO/c1-4-5-6-9-16(3)14(17)12-10-11(2)7-8-13(12)15/h4,7-8,10H,1,5-6,9H2,2-3H3. The van der Waals surface area contributed by atoms with Crippen molar-refractivity contribution in [2.45, 2.75) is 19.8 Å². The lowest BCUT2D eigenvalue weighted by molar-refractivity contribution is 0.0793. The van der Waals surface area contributed by atoms with E-state index in [4.69, 9.17) is 0 Å². The molecule has 0 aliphatic heterocycles. The van der Waals surface area contributed by atoms with Crippen LogP contribution in [-0.4, -0.2) is 24.4 Å². The summed E-state index contributed by atoms with van der Waals surface area (Å²) in [7, 11) is 1.83. The molecule has 0 spiro atoms. The Morgan fingerprint density at radius 1 is 1.53 bits per heavy atom. The summed E-state index contributed by atoms with van der Waals surface area (Å²) >= 11 is 3.42. The average Bonchev–Trinajstić information content (AvgIpc) is 2.31. The second kappa shape index (κ2) is 6.60. The van der Waals surface area contributed by atoms with Crippen LogP contribution in [-0.2, 0) is 0 Å². The van der Waals surface area contributed by atoms with Crippen LogP contribution in [0.4, 0.5) is 0 Å². The molecule has 0 unspecified atom stereocenters. The Labute approximate surface area is 111 Å². The van der Waals surface area contributed by atoms with E-state index in [0.29, 0.717) is 0 Å². The Bertz CT molecular complexity index is 415. The molecule has 2 nitrogen and oxygen atoms in total. The fourth-order valence-corrected chi connectivity index (χ4v) is 2.00. The number of aryl methyl sites for hydroxylation is 1. The number of hydrogen-bond acceptors (Lipinski definition) is 1. The molecule has 17 heavy (non-hydrogen) atoms. The van der Waals surface area contributed by atoms with E-state index < -0.39 is 0 Å². The van der Waals surface area contributed by atoms with Crippen LogP contribution in [0.2, 0.25) is 0 Å². The Balaban J connectivity index is 2.74. The summed E-state index contributed by atoms with van der Waals surface area (Å²) in [5.74, 6) is 0.0598. The van der Waals surface area contributed by atoms with E-state index in [-0.39, 0.29) is 5.91 Å². The molecule has 0 aromatic heterocycles. The maximum atomic E-state index is 12.2. The predicted molar refractivity (Wildman–Crippen MR) is 75.3 cm³/mol. The molecule has 1 amide bonds. The summed E-state index contributed by atoms with van der Waals surface area (Å²) in [5, 5.41) is 0. The van der Waals surface area contributed by atoms with Gasteiger partial charge in [0.15, 0.2) is 0 Å². The fraction of sp³-hybridized carbons (Fsp3) is 0.357. The van der Waals surface area contributed by atoms with Crippen molar-refractivity contribution in [3.63, 3.8) is 0 Å². The van der Waals surface area contributed by atoms with E-state index in [1.165, 1.54) is 0 Å². The SMILES string of the molecule is C=CCCCN(C)C(=O)c1cc(C)ccc1Br. The highest BCUT2D eigenvalue weighted by molar-refractivity contribution is 9.10. The molecular weight excluding hydrogens is 278 g/mol. The summed E-state index contributed by atoms with van der Waals surface area (Å²) in [6.07, 6.45) is 3.77. The number of unbranched alkanes of at least 4 members (excludes halogenated alkanes) is 1. The lowest BCUT2D eigenvalue weighted by Crippen LogP contribution is -2.28. The van der Waals surface area contributed by atoms with Gasteiger partial charge in [0.25, 0.3) is 5.91 Å². The van der Waals surface area contributed by atoms with Crippen molar-refractivity contribution in [2.75, 3.05) is 13.6 Å². The van der Waals surface area contributed by atoms with E-state index in [2.05, 4.69) is 22.5 Å². The van der Waals surface area contributed by atoms with Gasteiger partial charge in [0.05, 0.1) is 5.56 Å². The molecule has 1 rings (SSSR count). The molecular formula is C14H18BrNO. The highest BCUT2D eigenvalue weighted by Gasteiger charge is 2.14. The minimum absolute atomic E-state index is 0.0598.